The number of carbonyl (C=O) groups is 2. The highest BCUT2D eigenvalue weighted by Gasteiger charge is 2.19. The van der Waals surface area contributed by atoms with Crippen LogP contribution in [0.5, 0.6) is 0 Å². The fraction of sp³-hybridized carbons (Fsp3) is 0.263. The van der Waals surface area contributed by atoms with Crippen molar-refractivity contribution in [1.82, 2.24) is 10.6 Å². The minimum absolute atomic E-state index is 0.0940. The summed E-state index contributed by atoms with van der Waals surface area (Å²) in [6.45, 7) is 3.25. The van der Waals surface area contributed by atoms with E-state index in [1.807, 2.05) is 6.92 Å². The van der Waals surface area contributed by atoms with E-state index in [4.69, 9.17) is 34.8 Å². The van der Waals surface area contributed by atoms with Gasteiger partial charge in [-0.15, -0.1) is 0 Å². The van der Waals surface area contributed by atoms with Crippen molar-refractivity contribution in [3.63, 3.8) is 0 Å². The second-order valence-corrected chi connectivity index (χ2v) is 7.24. The molecule has 0 saturated carbocycles. The summed E-state index contributed by atoms with van der Waals surface area (Å²) in [4.78, 5) is 24.0. The highest BCUT2D eigenvalue weighted by atomic mass is 35.5. The van der Waals surface area contributed by atoms with Crippen LogP contribution in [-0.4, -0.2) is 11.8 Å². The van der Waals surface area contributed by atoms with Gasteiger partial charge in [0.1, 0.15) is 0 Å². The Balaban J connectivity index is 2.08. The predicted molar refractivity (Wildman–Crippen MR) is 106 cm³/mol. The number of halogens is 3. The molecule has 0 radical (unpaired) electrons. The molecule has 0 heterocycles. The van der Waals surface area contributed by atoms with Gasteiger partial charge < -0.3 is 10.6 Å². The van der Waals surface area contributed by atoms with Crippen LogP contribution in [0.2, 0.25) is 15.1 Å². The average molecular weight is 414 g/mol. The van der Waals surface area contributed by atoms with Crippen molar-refractivity contribution in [2.45, 2.75) is 32.4 Å². The van der Waals surface area contributed by atoms with Crippen molar-refractivity contribution in [2.24, 2.45) is 0 Å². The maximum Gasteiger partial charge on any atom is 0.222 e. The third kappa shape index (κ3) is 5.90. The van der Waals surface area contributed by atoms with Crippen molar-refractivity contribution in [3.8, 4) is 0 Å². The van der Waals surface area contributed by atoms with Gasteiger partial charge in [0.05, 0.1) is 18.5 Å². The van der Waals surface area contributed by atoms with Crippen LogP contribution in [0.3, 0.4) is 0 Å². The molecule has 0 aliphatic rings. The summed E-state index contributed by atoms with van der Waals surface area (Å²) in [5, 5.41) is 7.30. The quantitative estimate of drug-likeness (QED) is 0.693. The van der Waals surface area contributed by atoms with Gasteiger partial charge in [0.15, 0.2) is 0 Å². The molecule has 0 aromatic heterocycles. The van der Waals surface area contributed by atoms with Gasteiger partial charge in [-0.25, -0.2) is 0 Å². The zero-order valence-corrected chi connectivity index (χ0v) is 16.6. The molecule has 0 aliphatic carbocycles. The standard InChI is InChI=1S/C19H19Cl3N2O2/c1-11(16-8-7-15(21)9-17(16)22)23-19(26)10-18(24-12(2)25)13-3-5-14(20)6-4-13/h3-9,11,18H,10H2,1-2H3,(H,23,26)(H,24,25). The van der Waals surface area contributed by atoms with Gasteiger partial charge in [0.2, 0.25) is 11.8 Å². The molecule has 2 unspecified atom stereocenters. The van der Waals surface area contributed by atoms with Gasteiger partial charge in [-0.05, 0) is 42.3 Å². The lowest BCUT2D eigenvalue weighted by Crippen LogP contribution is -2.33. The minimum Gasteiger partial charge on any atom is -0.349 e. The lowest BCUT2D eigenvalue weighted by atomic mass is 10.0. The summed E-state index contributed by atoms with van der Waals surface area (Å²) in [5.74, 6) is -0.427. The van der Waals surface area contributed by atoms with Gasteiger partial charge >= 0.3 is 0 Å². The topological polar surface area (TPSA) is 58.2 Å². The Bertz CT molecular complexity index is 794. The second-order valence-electron chi connectivity index (χ2n) is 5.96. The summed E-state index contributed by atoms with van der Waals surface area (Å²) < 4.78 is 0. The fourth-order valence-electron chi connectivity index (χ4n) is 2.61. The van der Waals surface area contributed by atoms with Crippen molar-refractivity contribution in [3.05, 3.63) is 68.7 Å². The monoisotopic (exact) mass is 412 g/mol. The van der Waals surface area contributed by atoms with E-state index in [-0.39, 0.29) is 24.3 Å². The Morgan fingerprint density at radius 1 is 0.962 bits per heavy atom. The zero-order chi connectivity index (χ0) is 19.3. The average Bonchev–Trinajstić information content (AvgIpc) is 2.54. The van der Waals surface area contributed by atoms with Crippen LogP contribution in [0.4, 0.5) is 0 Å². The molecule has 4 nitrogen and oxygen atoms in total. The van der Waals surface area contributed by atoms with E-state index >= 15 is 0 Å². The molecular weight excluding hydrogens is 395 g/mol. The molecule has 0 aliphatic heterocycles. The SMILES string of the molecule is CC(=O)NC(CC(=O)NC(C)c1ccc(Cl)cc1Cl)c1ccc(Cl)cc1. The van der Waals surface area contributed by atoms with Gasteiger partial charge in [-0.1, -0.05) is 53.0 Å². The Kier molecular flexibility index (Phi) is 7.33. The van der Waals surface area contributed by atoms with Crippen LogP contribution >= 0.6 is 34.8 Å². The van der Waals surface area contributed by atoms with Gasteiger partial charge in [0.25, 0.3) is 0 Å². The molecule has 2 aromatic carbocycles. The molecule has 0 bridgehead atoms. The summed E-state index contributed by atoms with van der Waals surface area (Å²) in [5.41, 5.74) is 1.57. The van der Waals surface area contributed by atoms with Crippen LogP contribution in [0.15, 0.2) is 42.5 Å². The highest BCUT2D eigenvalue weighted by molar-refractivity contribution is 6.35. The zero-order valence-electron chi connectivity index (χ0n) is 14.4. The molecule has 26 heavy (non-hydrogen) atoms. The van der Waals surface area contributed by atoms with Crippen molar-refractivity contribution in [2.75, 3.05) is 0 Å². The number of rotatable bonds is 6. The smallest absolute Gasteiger partial charge is 0.222 e. The molecule has 2 aromatic rings. The second kappa shape index (κ2) is 9.26. The van der Waals surface area contributed by atoms with Crippen LogP contribution in [0.25, 0.3) is 0 Å². The normalized spacial score (nSPS) is 13.0. The number of benzene rings is 2. The van der Waals surface area contributed by atoms with Crippen molar-refractivity contribution in [1.29, 1.82) is 0 Å². The number of carbonyl (C=O) groups excluding carboxylic acids is 2. The Morgan fingerprint density at radius 2 is 1.58 bits per heavy atom. The first-order valence-corrected chi connectivity index (χ1v) is 9.16. The lowest BCUT2D eigenvalue weighted by Gasteiger charge is -2.21. The van der Waals surface area contributed by atoms with Crippen LogP contribution in [0.1, 0.15) is 43.5 Å². The third-order valence-electron chi connectivity index (χ3n) is 3.85. The van der Waals surface area contributed by atoms with Gasteiger partial charge in [-0.3, -0.25) is 9.59 Å². The molecule has 0 saturated heterocycles. The first kappa shape index (κ1) is 20.6. The molecule has 0 spiro atoms. The molecular formula is C19H19Cl3N2O2. The number of nitrogens with one attached hydrogen (secondary N) is 2. The van der Waals surface area contributed by atoms with E-state index in [0.29, 0.717) is 15.1 Å². The van der Waals surface area contributed by atoms with Crippen LogP contribution in [0, 0.1) is 0 Å². The third-order valence-corrected chi connectivity index (χ3v) is 4.66. The van der Waals surface area contributed by atoms with E-state index in [2.05, 4.69) is 10.6 Å². The predicted octanol–water partition coefficient (Wildman–Crippen LogP) is 5.09. The van der Waals surface area contributed by atoms with E-state index in [1.165, 1.54) is 6.92 Å². The summed E-state index contributed by atoms with van der Waals surface area (Å²) in [7, 11) is 0. The molecule has 138 valence electrons. The maximum atomic E-state index is 12.5. The summed E-state index contributed by atoms with van der Waals surface area (Å²) in [6, 6.07) is 11.4. The van der Waals surface area contributed by atoms with E-state index in [1.54, 1.807) is 42.5 Å². The summed E-state index contributed by atoms with van der Waals surface area (Å²) >= 11 is 18.0. The van der Waals surface area contributed by atoms with E-state index in [9.17, 15) is 9.59 Å². The Labute approximate surface area is 167 Å². The van der Waals surface area contributed by atoms with E-state index in [0.717, 1.165) is 11.1 Å². The number of amides is 2. The summed E-state index contributed by atoms with van der Waals surface area (Å²) in [6.07, 6.45) is 0.0940. The highest BCUT2D eigenvalue weighted by Crippen LogP contribution is 2.26. The molecule has 2 atom stereocenters. The molecule has 2 rings (SSSR count). The first-order chi connectivity index (χ1) is 12.3. The Hall–Kier alpha value is -1.75. The molecule has 2 N–H and O–H groups in total. The minimum atomic E-state index is -0.447. The van der Waals surface area contributed by atoms with Gasteiger partial charge in [0, 0.05) is 22.0 Å². The largest absolute Gasteiger partial charge is 0.349 e. The Morgan fingerprint density at radius 3 is 2.15 bits per heavy atom. The number of hydrogen-bond donors (Lipinski definition) is 2. The number of hydrogen-bond acceptors (Lipinski definition) is 2. The van der Waals surface area contributed by atoms with Crippen LogP contribution in [-0.2, 0) is 9.59 Å². The van der Waals surface area contributed by atoms with Crippen molar-refractivity contribution < 1.29 is 9.59 Å². The van der Waals surface area contributed by atoms with Crippen molar-refractivity contribution >= 4 is 46.6 Å². The fourth-order valence-corrected chi connectivity index (χ4v) is 3.31. The first-order valence-electron chi connectivity index (χ1n) is 8.03. The molecule has 7 heteroatoms. The van der Waals surface area contributed by atoms with Gasteiger partial charge in [-0.2, -0.15) is 0 Å². The molecule has 0 fully saturated rings. The van der Waals surface area contributed by atoms with E-state index < -0.39 is 6.04 Å². The maximum absolute atomic E-state index is 12.5. The van der Waals surface area contributed by atoms with Crippen LogP contribution < -0.4 is 10.6 Å². The molecule has 2 amide bonds. The lowest BCUT2D eigenvalue weighted by molar-refractivity contribution is -0.123.